The fourth-order valence-electron chi connectivity index (χ4n) is 3.39. The van der Waals surface area contributed by atoms with Gasteiger partial charge in [-0.25, -0.2) is 0 Å². The lowest BCUT2D eigenvalue weighted by molar-refractivity contribution is 0.0952. The molecule has 0 unspecified atom stereocenters. The van der Waals surface area contributed by atoms with Crippen LogP contribution < -0.4 is 5.32 Å². The Bertz CT molecular complexity index is 1230. The van der Waals surface area contributed by atoms with Crippen molar-refractivity contribution in [1.29, 1.82) is 0 Å². The number of aromatic nitrogens is 2. The van der Waals surface area contributed by atoms with E-state index in [9.17, 15) is 9.59 Å². The van der Waals surface area contributed by atoms with Gasteiger partial charge in [-0.2, -0.15) is 0 Å². The first-order valence-corrected chi connectivity index (χ1v) is 10.4. The van der Waals surface area contributed by atoms with Gasteiger partial charge in [-0.05, 0) is 42.8 Å². The van der Waals surface area contributed by atoms with Gasteiger partial charge in [-0.15, -0.1) is 0 Å². The number of carbonyl (C=O) groups excluding carboxylic acids is 2. The molecule has 1 amide bonds. The minimum absolute atomic E-state index is 0.0896. The minimum Gasteiger partial charge on any atom is -0.353 e. The van der Waals surface area contributed by atoms with Crippen LogP contribution in [0.25, 0.3) is 21.8 Å². The number of halogens is 1. The number of H-pyrrole nitrogens is 1. The predicted molar refractivity (Wildman–Crippen MR) is 118 cm³/mol. The molecule has 2 aromatic heterocycles. The number of unbranched alkanes of at least 4 members (excludes halogenated alkanes) is 1. The normalized spacial score (nSPS) is 11.1. The number of ketones is 1. The van der Waals surface area contributed by atoms with Crippen molar-refractivity contribution >= 4 is 49.4 Å². The van der Waals surface area contributed by atoms with Gasteiger partial charge in [0.25, 0.3) is 5.91 Å². The average Bonchev–Trinajstić information content (AvgIpc) is 3.11. The third-order valence-electron chi connectivity index (χ3n) is 4.93. The number of nitrogens with zero attached hydrogens (tertiary/aromatic N) is 1. The summed E-state index contributed by atoms with van der Waals surface area (Å²) in [6.45, 7) is 2.75. The number of hydrogen-bond acceptors (Lipinski definition) is 3. The van der Waals surface area contributed by atoms with Crippen molar-refractivity contribution in [2.75, 3.05) is 6.54 Å². The van der Waals surface area contributed by atoms with Crippen LogP contribution in [0.2, 0.25) is 0 Å². The molecule has 0 spiro atoms. The zero-order chi connectivity index (χ0) is 20.4. The molecule has 0 aliphatic rings. The second kappa shape index (κ2) is 8.17. The number of benzene rings is 2. The van der Waals surface area contributed by atoms with Crippen LogP contribution in [0, 0.1) is 0 Å². The Morgan fingerprint density at radius 1 is 1.10 bits per heavy atom. The summed E-state index contributed by atoms with van der Waals surface area (Å²) in [4.78, 5) is 33.2. The third kappa shape index (κ3) is 3.68. The highest BCUT2D eigenvalue weighted by Gasteiger charge is 2.19. The minimum atomic E-state index is -0.160. The summed E-state index contributed by atoms with van der Waals surface area (Å²) < 4.78 is 0.728. The zero-order valence-electron chi connectivity index (χ0n) is 16.0. The van der Waals surface area contributed by atoms with Crippen LogP contribution in [0.15, 0.2) is 59.2 Å². The molecular weight excluding hydrogens is 430 g/mol. The molecule has 146 valence electrons. The maximum absolute atomic E-state index is 13.1. The van der Waals surface area contributed by atoms with Crippen molar-refractivity contribution in [2.45, 2.75) is 19.8 Å². The van der Waals surface area contributed by atoms with E-state index in [1.165, 1.54) is 0 Å². The Balaban J connectivity index is 1.78. The standard InChI is InChI=1S/C23H20BrN3O2/c1-2-3-11-26-23(29)14-8-9-19-17(13-14)15-10-12-25-21(20(15)27-19)22(28)16-6-4-5-7-18(16)24/h4-10,12-13,27H,2-3,11H2,1H3,(H,26,29). The van der Waals surface area contributed by atoms with Gasteiger partial charge in [0.1, 0.15) is 5.69 Å². The fraction of sp³-hybridized carbons (Fsp3) is 0.174. The molecular formula is C23H20BrN3O2. The van der Waals surface area contributed by atoms with Crippen molar-refractivity contribution in [3.05, 3.63) is 76.0 Å². The fourth-order valence-corrected chi connectivity index (χ4v) is 3.86. The van der Waals surface area contributed by atoms with Gasteiger partial charge in [0.05, 0.1) is 5.52 Å². The van der Waals surface area contributed by atoms with E-state index in [4.69, 9.17) is 0 Å². The van der Waals surface area contributed by atoms with E-state index in [1.807, 2.05) is 36.4 Å². The lowest BCUT2D eigenvalue weighted by Crippen LogP contribution is -2.24. The largest absolute Gasteiger partial charge is 0.353 e. The molecule has 4 aromatic rings. The molecule has 2 aromatic carbocycles. The molecule has 0 radical (unpaired) electrons. The third-order valence-corrected chi connectivity index (χ3v) is 5.62. The average molecular weight is 450 g/mol. The number of hydrogen-bond donors (Lipinski definition) is 2. The van der Waals surface area contributed by atoms with E-state index in [2.05, 4.69) is 38.1 Å². The molecule has 29 heavy (non-hydrogen) atoms. The smallest absolute Gasteiger partial charge is 0.251 e. The van der Waals surface area contributed by atoms with Crippen LogP contribution in [0.3, 0.4) is 0 Å². The van der Waals surface area contributed by atoms with Gasteiger partial charge in [0, 0.05) is 44.6 Å². The van der Waals surface area contributed by atoms with Gasteiger partial charge in [0.15, 0.2) is 0 Å². The second-order valence-electron chi connectivity index (χ2n) is 6.89. The van der Waals surface area contributed by atoms with Crippen LogP contribution in [0.4, 0.5) is 0 Å². The van der Waals surface area contributed by atoms with E-state index < -0.39 is 0 Å². The van der Waals surface area contributed by atoms with Crippen LogP contribution in [0.5, 0.6) is 0 Å². The molecule has 0 aliphatic carbocycles. The highest BCUT2D eigenvalue weighted by molar-refractivity contribution is 9.10. The van der Waals surface area contributed by atoms with Crippen molar-refractivity contribution < 1.29 is 9.59 Å². The number of rotatable bonds is 6. The molecule has 0 atom stereocenters. The quantitative estimate of drug-likeness (QED) is 0.312. The van der Waals surface area contributed by atoms with E-state index in [1.54, 1.807) is 18.3 Å². The Kier molecular flexibility index (Phi) is 5.45. The predicted octanol–water partition coefficient (Wildman–Crippen LogP) is 5.24. The molecule has 0 aliphatic heterocycles. The molecule has 2 N–H and O–H groups in total. The summed E-state index contributed by atoms with van der Waals surface area (Å²) in [5.41, 5.74) is 3.05. The van der Waals surface area contributed by atoms with Gasteiger partial charge < -0.3 is 10.3 Å². The van der Waals surface area contributed by atoms with E-state index in [-0.39, 0.29) is 11.7 Å². The Morgan fingerprint density at radius 3 is 2.72 bits per heavy atom. The molecule has 6 heteroatoms. The van der Waals surface area contributed by atoms with Gasteiger partial charge >= 0.3 is 0 Å². The lowest BCUT2D eigenvalue weighted by atomic mass is 10.0. The summed E-state index contributed by atoms with van der Waals surface area (Å²) in [5, 5.41) is 4.71. The van der Waals surface area contributed by atoms with Gasteiger partial charge in [0.2, 0.25) is 5.78 Å². The van der Waals surface area contributed by atoms with E-state index in [0.29, 0.717) is 28.9 Å². The van der Waals surface area contributed by atoms with Gasteiger partial charge in [-0.3, -0.25) is 14.6 Å². The zero-order valence-corrected chi connectivity index (χ0v) is 17.5. The molecule has 0 saturated carbocycles. The first kappa shape index (κ1) is 19.3. The summed E-state index contributed by atoms with van der Waals surface area (Å²) in [6, 6.07) is 14.7. The number of pyridine rings is 1. The first-order valence-electron chi connectivity index (χ1n) is 9.58. The van der Waals surface area contributed by atoms with Crippen LogP contribution >= 0.6 is 15.9 Å². The Hall–Kier alpha value is -2.99. The molecule has 0 saturated heterocycles. The second-order valence-corrected chi connectivity index (χ2v) is 7.74. The number of fused-ring (bicyclic) bond motifs is 3. The molecule has 0 fully saturated rings. The number of amides is 1. The first-order chi connectivity index (χ1) is 14.1. The maximum atomic E-state index is 13.1. The van der Waals surface area contributed by atoms with Crippen molar-refractivity contribution in [3.8, 4) is 0 Å². The summed E-state index contributed by atoms with van der Waals surface area (Å²) in [7, 11) is 0. The summed E-state index contributed by atoms with van der Waals surface area (Å²) in [6.07, 6.45) is 3.62. The monoisotopic (exact) mass is 449 g/mol. The van der Waals surface area contributed by atoms with Crippen molar-refractivity contribution in [3.63, 3.8) is 0 Å². The SMILES string of the molecule is CCCCNC(=O)c1ccc2[nH]c3c(C(=O)c4ccccc4Br)nccc3c2c1. The van der Waals surface area contributed by atoms with Crippen LogP contribution in [0.1, 0.15) is 46.2 Å². The highest BCUT2D eigenvalue weighted by Crippen LogP contribution is 2.29. The van der Waals surface area contributed by atoms with Crippen molar-refractivity contribution in [1.82, 2.24) is 15.3 Å². The lowest BCUT2D eigenvalue weighted by Gasteiger charge is -2.05. The molecule has 5 nitrogen and oxygen atoms in total. The Morgan fingerprint density at radius 2 is 1.93 bits per heavy atom. The summed E-state index contributed by atoms with van der Waals surface area (Å²) in [5.74, 6) is -0.250. The molecule has 4 rings (SSSR count). The van der Waals surface area contributed by atoms with Gasteiger partial charge in [-0.1, -0.05) is 41.4 Å². The number of aromatic amines is 1. The molecule has 0 bridgehead atoms. The number of nitrogens with one attached hydrogen (secondary N) is 2. The van der Waals surface area contributed by atoms with Crippen molar-refractivity contribution in [2.24, 2.45) is 0 Å². The topological polar surface area (TPSA) is 74.8 Å². The van der Waals surface area contributed by atoms with Crippen LogP contribution in [-0.2, 0) is 0 Å². The van der Waals surface area contributed by atoms with E-state index in [0.717, 1.165) is 33.6 Å². The van der Waals surface area contributed by atoms with Crippen LogP contribution in [-0.4, -0.2) is 28.2 Å². The summed E-state index contributed by atoms with van der Waals surface area (Å²) >= 11 is 3.44. The Labute approximate surface area is 176 Å². The highest BCUT2D eigenvalue weighted by atomic mass is 79.9. The molecule has 2 heterocycles. The number of carbonyl (C=O) groups is 2. The van der Waals surface area contributed by atoms with E-state index >= 15 is 0 Å². The maximum Gasteiger partial charge on any atom is 0.251 e.